The molecular weight excluding hydrogens is 246 g/mol. The van der Waals surface area contributed by atoms with Crippen LogP contribution in [0.15, 0.2) is 24.9 Å². The van der Waals surface area contributed by atoms with Crippen molar-refractivity contribution in [1.29, 1.82) is 0 Å². The van der Waals surface area contributed by atoms with Gasteiger partial charge in [0.2, 0.25) is 11.8 Å². The van der Waals surface area contributed by atoms with Gasteiger partial charge in [-0.25, -0.2) is 4.79 Å². The minimum absolute atomic E-state index is 0.234. The van der Waals surface area contributed by atoms with Crippen molar-refractivity contribution in [3.05, 3.63) is 24.9 Å². The molecule has 1 atom stereocenters. The molecule has 0 radical (unpaired) electrons. The quantitative estimate of drug-likeness (QED) is 0.605. The molecule has 0 aliphatic carbocycles. The molecular formula is C13H19N3O3. The number of imide groups is 1. The molecule has 6 nitrogen and oxygen atoms in total. The van der Waals surface area contributed by atoms with Gasteiger partial charge in [0, 0.05) is 26.2 Å². The van der Waals surface area contributed by atoms with Gasteiger partial charge >= 0.3 is 6.03 Å². The molecule has 1 aliphatic rings. The number of carbonyl (C=O) groups is 3. The summed E-state index contributed by atoms with van der Waals surface area (Å²) in [7, 11) is 1.66. The van der Waals surface area contributed by atoms with Crippen molar-refractivity contribution >= 4 is 17.8 Å². The lowest BCUT2D eigenvalue weighted by Gasteiger charge is -2.32. The van der Waals surface area contributed by atoms with Gasteiger partial charge in [0.15, 0.2) is 0 Å². The van der Waals surface area contributed by atoms with Gasteiger partial charge in [-0.05, 0) is 19.4 Å². The van der Waals surface area contributed by atoms with E-state index in [1.54, 1.807) is 13.1 Å². The number of nitrogens with zero attached hydrogens (tertiary/aromatic N) is 2. The van der Waals surface area contributed by atoms with E-state index < -0.39 is 11.9 Å². The summed E-state index contributed by atoms with van der Waals surface area (Å²) in [5.41, 5.74) is 0. The van der Waals surface area contributed by atoms with Crippen molar-refractivity contribution in [2.24, 2.45) is 0 Å². The van der Waals surface area contributed by atoms with Gasteiger partial charge in [0.25, 0.3) is 0 Å². The molecule has 1 saturated heterocycles. The first-order chi connectivity index (χ1) is 9.01. The Bertz CT molecular complexity index is 417. The fourth-order valence-electron chi connectivity index (χ4n) is 1.73. The van der Waals surface area contributed by atoms with Crippen LogP contribution in [0, 0.1) is 0 Å². The largest absolute Gasteiger partial charge is 0.328 e. The lowest BCUT2D eigenvalue weighted by Crippen LogP contribution is -2.54. The number of amides is 4. The SMILES string of the molecule is C=C/C=C/N(C(=O)N(C)CC)C1CCC(=O)NC1=O. The van der Waals surface area contributed by atoms with E-state index >= 15 is 0 Å². The predicted octanol–water partition coefficient (Wildman–Crippen LogP) is 0.865. The Labute approximate surface area is 112 Å². The van der Waals surface area contributed by atoms with Crippen molar-refractivity contribution < 1.29 is 14.4 Å². The summed E-state index contributed by atoms with van der Waals surface area (Å²) in [6.45, 7) is 5.92. The molecule has 1 N–H and O–H groups in total. The Balaban J connectivity index is 2.93. The van der Waals surface area contributed by atoms with Crippen molar-refractivity contribution in [2.75, 3.05) is 13.6 Å². The molecule has 1 fully saturated rings. The maximum absolute atomic E-state index is 12.2. The number of carbonyl (C=O) groups excluding carboxylic acids is 3. The summed E-state index contributed by atoms with van der Waals surface area (Å²) in [6, 6.07) is -0.939. The third kappa shape index (κ3) is 3.67. The number of piperidine rings is 1. The van der Waals surface area contributed by atoms with E-state index in [-0.39, 0.29) is 18.4 Å². The van der Waals surface area contributed by atoms with Crippen molar-refractivity contribution in [3.8, 4) is 0 Å². The highest BCUT2D eigenvalue weighted by atomic mass is 16.2. The molecule has 0 aromatic heterocycles. The maximum atomic E-state index is 12.2. The minimum atomic E-state index is -0.657. The average Bonchev–Trinajstić information content (AvgIpc) is 2.39. The van der Waals surface area contributed by atoms with Gasteiger partial charge in [0.05, 0.1) is 0 Å². The molecule has 0 aromatic carbocycles. The molecule has 1 rings (SSSR count). The monoisotopic (exact) mass is 265 g/mol. The number of allylic oxidation sites excluding steroid dienone is 2. The van der Waals surface area contributed by atoms with Gasteiger partial charge in [-0.1, -0.05) is 12.7 Å². The third-order valence-corrected chi connectivity index (χ3v) is 2.95. The van der Waals surface area contributed by atoms with Crippen LogP contribution in [0.1, 0.15) is 19.8 Å². The number of hydrogen-bond acceptors (Lipinski definition) is 3. The van der Waals surface area contributed by atoms with Crippen molar-refractivity contribution in [2.45, 2.75) is 25.8 Å². The molecule has 4 amide bonds. The van der Waals surface area contributed by atoms with Crippen LogP contribution >= 0.6 is 0 Å². The Morgan fingerprint density at radius 3 is 2.74 bits per heavy atom. The second kappa shape index (κ2) is 6.72. The number of urea groups is 1. The smallest absolute Gasteiger partial charge is 0.324 e. The van der Waals surface area contributed by atoms with E-state index in [9.17, 15) is 14.4 Å². The number of rotatable bonds is 4. The van der Waals surface area contributed by atoms with Crippen LogP contribution in [-0.2, 0) is 9.59 Å². The molecule has 104 valence electrons. The lowest BCUT2D eigenvalue weighted by atomic mass is 10.0. The molecule has 0 spiro atoms. The summed E-state index contributed by atoms with van der Waals surface area (Å²) in [5, 5.41) is 2.25. The standard InChI is InChI=1S/C13H19N3O3/c1-4-6-9-16(13(19)15(3)5-2)10-7-8-11(17)14-12(10)18/h4,6,9-10H,1,5,7-8H2,2-3H3,(H,14,17,18)/b9-6+. The van der Waals surface area contributed by atoms with E-state index in [2.05, 4.69) is 11.9 Å². The van der Waals surface area contributed by atoms with E-state index in [0.717, 1.165) is 0 Å². The minimum Gasteiger partial charge on any atom is -0.328 e. The molecule has 6 heteroatoms. The van der Waals surface area contributed by atoms with E-state index in [1.165, 1.54) is 22.1 Å². The van der Waals surface area contributed by atoms with Gasteiger partial charge in [-0.15, -0.1) is 0 Å². The first-order valence-corrected chi connectivity index (χ1v) is 6.17. The highest BCUT2D eigenvalue weighted by Gasteiger charge is 2.34. The van der Waals surface area contributed by atoms with Crippen LogP contribution in [0.4, 0.5) is 4.79 Å². The van der Waals surface area contributed by atoms with Crippen molar-refractivity contribution in [1.82, 2.24) is 15.1 Å². The van der Waals surface area contributed by atoms with Crippen LogP contribution in [-0.4, -0.2) is 47.3 Å². The summed E-state index contributed by atoms with van der Waals surface area (Å²) < 4.78 is 0. The van der Waals surface area contributed by atoms with Crippen LogP contribution in [0.5, 0.6) is 0 Å². The summed E-state index contributed by atoms with van der Waals surface area (Å²) in [5.74, 6) is -0.743. The Morgan fingerprint density at radius 1 is 1.53 bits per heavy atom. The summed E-state index contributed by atoms with van der Waals surface area (Å²) >= 11 is 0. The number of hydrogen-bond donors (Lipinski definition) is 1. The molecule has 1 unspecified atom stereocenters. The molecule has 19 heavy (non-hydrogen) atoms. The molecule has 0 aromatic rings. The first kappa shape index (κ1) is 14.9. The maximum Gasteiger partial charge on any atom is 0.324 e. The van der Waals surface area contributed by atoms with E-state index in [0.29, 0.717) is 13.0 Å². The second-order valence-electron chi connectivity index (χ2n) is 4.25. The molecule has 0 bridgehead atoms. The summed E-state index contributed by atoms with van der Waals surface area (Å²) in [4.78, 5) is 38.0. The lowest BCUT2D eigenvalue weighted by molar-refractivity contribution is -0.136. The van der Waals surface area contributed by atoms with Gasteiger partial charge < -0.3 is 4.90 Å². The topological polar surface area (TPSA) is 69.7 Å². The van der Waals surface area contributed by atoms with Crippen LogP contribution in [0.3, 0.4) is 0 Å². The predicted molar refractivity (Wildman–Crippen MR) is 71.0 cm³/mol. The fraction of sp³-hybridized carbons (Fsp3) is 0.462. The number of nitrogens with one attached hydrogen (secondary N) is 1. The average molecular weight is 265 g/mol. The van der Waals surface area contributed by atoms with Crippen LogP contribution in [0.2, 0.25) is 0 Å². The van der Waals surface area contributed by atoms with Crippen LogP contribution < -0.4 is 5.32 Å². The Kier molecular flexibility index (Phi) is 5.29. The first-order valence-electron chi connectivity index (χ1n) is 6.17. The van der Waals surface area contributed by atoms with Crippen molar-refractivity contribution in [3.63, 3.8) is 0 Å². The van der Waals surface area contributed by atoms with Gasteiger partial charge in [0.1, 0.15) is 6.04 Å². The van der Waals surface area contributed by atoms with Gasteiger partial charge in [-0.3, -0.25) is 19.8 Å². The Morgan fingerprint density at radius 2 is 2.21 bits per heavy atom. The fourth-order valence-corrected chi connectivity index (χ4v) is 1.73. The zero-order chi connectivity index (χ0) is 14.4. The van der Waals surface area contributed by atoms with E-state index in [1.807, 2.05) is 6.92 Å². The zero-order valence-corrected chi connectivity index (χ0v) is 11.3. The zero-order valence-electron chi connectivity index (χ0n) is 11.3. The molecule has 1 aliphatic heterocycles. The highest BCUT2D eigenvalue weighted by molar-refractivity contribution is 6.01. The molecule has 1 heterocycles. The van der Waals surface area contributed by atoms with E-state index in [4.69, 9.17) is 0 Å². The molecule has 0 saturated carbocycles. The Hall–Kier alpha value is -2.11. The van der Waals surface area contributed by atoms with Gasteiger partial charge in [-0.2, -0.15) is 0 Å². The van der Waals surface area contributed by atoms with Crippen LogP contribution in [0.25, 0.3) is 0 Å². The highest BCUT2D eigenvalue weighted by Crippen LogP contribution is 2.15. The second-order valence-corrected chi connectivity index (χ2v) is 4.25. The summed E-state index contributed by atoms with van der Waals surface area (Å²) in [6.07, 6.45) is 5.19. The third-order valence-electron chi connectivity index (χ3n) is 2.95. The normalized spacial score (nSPS) is 19.2.